The van der Waals surface area contributed by atoms with Gasteiger partial charge < -0.3 is 9.64 Å². The monoisotopic (exact) mass is 227 g/mol. The Bertz CT molecular complexity index is 264. The molecule has 0 N–H and O–H groups in total. The van der Waals surface area contributed by atoms with E-state index in [-0.39, 0.29) is 5.56 Å². The molecule has 0 aliphatic carbocycles. The van der Waals surface area contributed by atoms with Gasteiger partial charge in [0.1, 0.15) is 0 Å². The Morgan fingerprint density at radius 2 is 1.93 bits per heavy atom. The molecule has 1 aromatic rings. The van der Waals surface area contributed by atoms with Gasteiger partial charge in [0.15, 0.2) is 5.56 Å². The minimum Gasteiger partial charge on any atom is -0.358 e. The fraction of sp³-hybridized carbons (Fsp3) is 0.500. The predicted octanol–water partition coefficient (Wildman–Crippen LogP) is 2.89. The number of ether oxygens (including phenoxy) is 1. The molecule has 0 saturated carbocycles. The molecule has 15 heavy (non-hydrogen) atoms. The van der Waals surface area contributed by atoms with E-state index in [0.29, 0.717) is 6.61 Å². The normalized spacial score (nSPS) is 13.1. The first-order valence-corrected chi connectivity index (χ1v) is 5.59. The molecule has 1 rings (SSSR count). The summed E-state index contributed by atoms with van der Waals surface area (Å²) in [6.45, 7) is 1.72. The van der Waals surface area contributed by atoms with Gasteiger partial charge >= 0.3 is 0 Å². The Kier molecular flexibility index (Phi) is 5.69. The van der Waals surface area contributed by atoms with E-state index in [1.165, 1.54) is 0 Å². The summed E-state index contributed by atoms with van der Waals surface area (Å²) in [5.41, 5.74) is 0.692. The first-order chi connectivity index (χ1) is 7.20. The number of halogens is 1. The van der Waals surface area contributed by atoms with Crippen molar-refractivity contribution in [2.24, 2.45) is 0 Å². The maximum absolute atomic E-state index is 6.09. The van der Waals surface area contributed by atoms with Gasteiger partial charge in [-0.3, -0.25) is 0 Å². The highest BCUT2D eigenvalue weighted by molar-refractivity contribution is 6.19. The van der Waals surface area contributed by atoms with Gasteiger partial charge in [-0.25, -0.2) is 0 Å². The maximum atomic E-state index is 6.09. The summed E-state index contributed by atoms with van der Waals surface area (Å²) < 4.78 is 5.52. The Labute approximate surface area is 96.8 Å². The van der Waals surface area contributed by atoms with Crippen molar-refractivity contribution < 1.29 is 4.74 Å². The topological polar surface area (TPSA) is 12.5 Å². The van der Waals surface area contributed by atoms with Crippen LogP contribution in [0.15, 0.2) is 30.3 Å². The molecule has 84 valence electrons. The van der Waals surface area contributed by atoms with Crippen molar-refractivity contribution in [2.45, 2.75) is 12.0 Å². The average Bonchev–Trinajstić information content (AvgIpc) is 2.25. The zero-order valence-electron chi connectivity index (χ0n) is 9.32. The highest BCUT2D eigenvalue weighted by Gasteiger charge is 2.06. The van der Waals surface area contributed by atoms with E-state index in [4.69, 9.17) is 16.3 Å². The molecule has 0 radical (unpaired) electrons. The summed E-state index contributed by atoms with van der Waals surface area (Å²) in [4.78, 5) is 2.13. The van der Waals surface area contributed by atoms with Crippen molar-refractivity contribution in [1.29, 1.82) is 0 Å². The lowest BCUT2D eigenvalue weighted by Gasteiger charge is -2.13. The number of alkyl halides is 1. The second kappa shape index (κ2) is 6.83. The average molecular weight is 228 g/mol. The van der Waals surface area contributed by atoms with Gasteiger partial charge in [0.2, 0.25) is 0 Å². The molecule has 0 bridgehead atoms. The van der Waals surface area contributed by atoms with Crippen LogP contribution in [0.25, 0.3) is 0 Å². The predicted molar refractivity (Wildman–Crippen MR) is 64.2 cm³/mol. The molecule has 0 heterocycles. The van der Waals surface area contributed by atoms with E-state index in [9.17, 15) is 0 Å². The standard InChI is InChI=1S/C12H18ClNO/c1-14(2)9-6-10-15-12(13)11-7-4-3-5-8-11/h3-5,7-8,12H,6,9-10H2,1-2H3. The largest absolute Gasteiger partial charge is 0.358 e. The Hall–Kier alpha value is -0.570. The van der Waals surface area contributed by atoms with E-state index < -0.39 is 0 Å². The van der Waals surface area contributed by atoms with Crippen LogP contribution in [0.2, 0.25) is 0 Å². The van der Waals surface area contributed by atoms with Gasteiger partial charge in [-0.15, -0.1) is 0 Å². The van der Waals surface area contributed by atoms with Gasteiger partial charge in [0.05, 0.1) is 6.61 Å². The van der Waals surface area contributed by atoms with Crippen LogP contribution in [0, 0.1) is 0 Å². The third-order valence-corrected chi connectivity index (χ3v) is 2.45. The van der Waals surface area contributed by atoms with Crippen molar-refractivity contribution in [3.05, 3.63) is 35.9 Å². The molecule has 0 aromatic heterocycles. The summed E-state index contributed by atoms with van der Waals surface area (Å²) >= 11 is 6.09. The van der Waals surface area contributed by atoms with Crippen LogP contribution in [-0.2, 0) is 4.74 Å². The number of hydrogen-bond acceptors (Lipinski definition) is 2. The van der Waals surface area contributed by atoms with Gasteiger partial charge in [-0.2, -0.15) is 0 Å². The van der Waals surface area contributed by atoms with Crippen LogP contribution in [-0.4, -0.2) is 32.1 Å². The zero-order valence-corrected chi connectivity index (χ0v) is 10.1. The summed E-state index contributed by atoms with van der Waals surface area (Å²) in [6, 6.07) is 9.86. The molecule has 0 amide bonds. The zero-order chi connectivity index (χ0) is 11.1. The molecule has 3 heteroatoms. The SMILES string of the molecule is CN(C)CCCOC(Cl)c1ccccc1. The van der Waals surface area contributed by atoms with Crippen LogP contribution in [0.3, 0.4) is 0 Å². The fourth-order valence-corrected chi connectivity index (χ4v) is 1.50. The number of nitrogens with zero attached hydrogens (tertiary/aromatic N) is 1. The summed E-state index contributed by atoms with van der Waals surface area (Å²) in [6.07, 6.45) is 1.00. The molecule has 0 fully saturated rings. The van der Waals surface area contributed by atoms with E-state index in [2.05, 4.69) is 19.0 Å². The quantitative estimate of drug-likeness (QED) is 0.548. The minimum absolute atomic E-state index is 0.326. The molecule has 0 aliphatic heterocycles. The second-order valence-electron chi connectivity index (χ2n) is 3.75. The van der Waals surface area contributed by atoms with Crippen LogP contribution in [0.4, 0.5) is 0 Å². The smallest absolute Gasteiger partial charge is 0.156 e. The van der Waals surface area contributed by atoms with Crippen molar-refractivity contribution in [1.82, 2.24) is 4.90 Å². The summed E-state index contributed by atoms with van der Waals surface area (Å²) in [5.74, 6) is 0. The van der Waals surface area contributed by atoms with E-state index in [1.807, 2.05) is 30.3 Å². The highest BCUT2D eigenvalue weighted by Crippen LogP contribution is 2.21. The van der Waals surface area contributed by atoms with Crippen LogP contribution >= 0.6 is 11.6 Å². The van der Waals surface area contributed by atoms with Gasteiger partial charge in [-0.05, 0) is 32.6 Å². The summed E-state index contributed by atoms with van der Waals surface area (Å²) in [5, 5.41) is 0. The highest BCUT2D eigenvalue weighted by atomic mass is 35.5. The maximum Gasteiger partial charge on any atom is 0.156 e. The molecule has 0 saturated heterocycles. The van der Waals surface area contributed by atoms with E-state index in [1.54, 1.807) is 0 Å². The first-order valence-electron chi connectivity index (χ1n) is 5.15. The Balaban J connectivity index is 2.22. The Morgan fingerprint density at radius 3 is 2.53 bits per heavy atom. The van der Waals surface area contributed by atoms with Gasteiger partial charge in [-0.1, -0.05) is 41.9 Å². The molecule has 0 aliphatic rings. The third kappa shape index (κ3) is 5.17. The van der Waals surface area contributed by atoms with Crippen molar-refractivity contribution in [3.63, 3.8) is 0 Å². The number of rotatable bonds is 6. The molecular weight excluding hydrogens is 210 g/mol. The van der Waals surface area contributed by atoms with Crippen molar-refractivity contribution >= 4 is 11.6 Å². The first kappa shape index (κ1) is 12.5. The van der Waals surface area contributed by atoms with Crippen LogP contribution in [0.1, 0.15) is 17.5 Å². The third-order valence-electron chi connectivity index (χ3n) is 2.08. The minimum atomic E-state index is -0.326. The molecule has 1 unspecified atom stereocenters. The molecular formula is C12H18ClNO. The second-order valence-corrected chi connectivity index (χ2v) is 4.15. The van der Waals surface area contributed by atoms with E-state index in [0.717, 1.165) is 18.5 Å². The summed E-state index contributed by atoms with van der Waals surface area (Å²) in [7, 11) is 4.10. The van der Waals surface area contributed by atoms with E-state index >= 15 is 0 Å². The lowest BCUT2D eigenvalue weighted by atomic mass is 10.2. The lowest BCUT2D eigenvalue weighted by Crippen LogP contribution is -2.15. The lowest BCUT2D eigenvalue weighted by molar-refractivity contribution is 0.101. The number of benzene rings is 1. The fourth-order valence-electron chi connectivity index (χ4n) is 1.27. The molecule has 1 atom stereocenters. The van der Waals surface area contributed by atoms with Crippen molar-refractivity contribution in [2.75, 3.05) is 27.2 Å². The van der Waals surface area contributed by atoms with Gasteiger partial charge in [0.25, 0.3) is 0 Å². The van der Waals surface area contributed by atoms with Crippen LogP contribution < -0.4 is 0 Å². The molecule has 1 aromatic carbocycles. The Morgan fingerprint density at radius 1 is 1.27 bits per heavy atom. The number of hydrogen-bond donors (Lipinski definition) is 0. The molecule has 0 spiro atoms. The van der Waals surface area contributed by atoms with Gasteiger partial charge in [0, 0.05) is 0 Å². The van der Waals surface area contributed by atoms with Crippen molar-refractivity contribution in [3.8, 4) is 0 Å². The molecule has 2 nitrogen and oxygen atoms in total. The van der Waals surface area contributed by atoms with Crippen LogP contribution in [0.5, 0.6) is 0 Å².